The Balaban J connectivity index is 2.19. The molecule has 1 fully saturated rings. The van der Waals surface area contributed by atoms with Crippen LogP contribution in [0, 0.1) is 17.8 Å². The summed E-state index contributed by atoms with van der Waals surface area (Å²) in [7, 11) is 0. The largest absolute Gasteiger partial charge is 0.460 e. The van der Waals surface area contributed by atoms with E-state index < -0.39 is 36.5 Å². The van der Waals surface area contributed by atoms with Crippen LogP contribution in [0.15, 0.2) is 12.1 Å². The van der Waals surface area contributed by atoms with E-state index in [0.29, 0.717) is 11.8 Å². The van der Waals surface area contributed by atoms with Crippen LogP contribution in [0.4, 0.5) is 0 Å². The van der Waals surface area contributed by atoms with Crippen LogP contribution in [0.25, 0.3) is 0 Å². The van der Waals surface area contributed by atoms with Crippen LogP contribution in [0.1, 0.15) is 71.2 Å². The number of ether oxygens (including phenoxy) is 5. The number of hydrogen-bond donors (Lipinski definition) is 0. The van der Waals surface area contributed by atoms with Gasteiger partial charge in [-0.1, -0.05) is 27.2 Å². The summed E-state index contributed by atoms with van der Waals surface area (Å²) in [6, 6.07) is 2.16. The van der Waals surface area contributed by atoms with E-state index >= 15 is 0 Å². The van der Waals surface area contributed by atoms with E-state index in [1.807, 2.05) is 0 Å². The topological polar surface area (TPSA) is 132 Å². The smallest absolute Gasteiger partial charge is 0.344 e. The fraction of sp³-hybridized carbons (Fsp3) is 0.560. The minimum Gasteiger partial charge on any atom is -0.460 e. The number of hydrogen-bond acceptors (Lipinski definition) is 10. The number of carbonyl (C=O) groups excluding carboxylic acids is 5. The first kappa shape index (κ1) is 27.8. The predicted octanol–water partition coefficient (Wildman–Crippen LogP) is 3.62. The van der Waals surface area contributed by atoms with E-state index in [0.717, 1.165) is 52.2 Å². The molecule has 0 N–H and O–H groups in total. The Bertz CT molecular complexity index is 943. The molecule has 0 aliphatic heterocycles. The van der Waals surface area contributed by atoms with Gasteiger partial charge in [0.2, 0.25) is 5.75 Å². The minimum absolute atomic E-state index is 0.201. The molecule has 192 valence electrons. The van der Waals surface area contributed by atoms with Gasteiger partial charge in [0.05, 0.1) is 5.56 Å². The van der Waals surface area contributed by atoms with Crippen LogP contribution in [0.3, 0.4) is 0 Å². The zero-order valence-corrected chi connectivity index (χ0v) is 20.9. The van der Waals surface area contributed by atoms with Crippen LogP contribution in [-0.2, 0) is 28.7 Å². The first-order chi connectivity index (χ1) is 16.4. The van der Waals surface area contributed by atoms with Gasteiger partial charge in [0.15, 0.2) is 18.1 Å². The molecule has 0 heterocycles. The second-order valence-corrected chi connectivity index (χ2v) is 9.01. The van der Waals surface area contributed by atoms with E-state index in [-0.39, 0.29) is 34.8 Å². The maximum absolute atomic E-state index is 12.7. The van der Waals surface area contributed by atoms with Crippen molar-refractivity contribution in [2.24, 2.45) is 17.8 Å². The van der Waals surface area contributed by atoms with Crippen molar-refractivity contribution in [2.75, 3.05) is 6.61 Å². The Hall–Kier alpha value is -3.43. The summed E-state index contributed by atoms with van der Waals surface area (Å²) in [4.78, 5) is 59.6. The van der Waals surface area contributed by atoms with Gasteiger partial charge in [0, 0.05) is 20.8 Å². The lowest BCUT2D eigenvalue weighted by molar-refractivity contribution is -0.159. The maximum Gasteiger partial charge on any atom is 0.344 e. The van der Waals surface area contributed by atoms with Crippen LogP contribution in [-0.4, -0.2) is 42.6 Å². The van der Waals surface area contributed by atoms with Crippen molar-refractivity contribution in [1.82, 2.24) is 0 Å². The van der Waals surface area contributed by atoms with Crippen molar-refractivity contribution in [1.29, 1.82) is 0 Å². The summed E-state index contributed by atoms with van der Waals surface area (Å²) in [6.07, 6.45) is 2.53. The van der Waals surface area contributed by atoms with Crippen LogP contribution < -0.4 is 14.2 Å². The standard InChI is InChI=1S/C25H32O10/c1-13(2)19-8-7-14(3)9-20(19)35-23(29)12-31-25(30)18-10-21(32-15(4)26)24(34-17(6)28)22(11-18)33-16(5)27/h10-11,13-14,19-20H,7-9,12H2,1-6H3/t14-,19+,20+/m0/s1. The second kappa shape index (κ2) is 12.3. The van der Waals surface area contributed by atoms with Crippen molar-refractivity contribution in [3.63, 3.8) is 0 Å². The lowest BCUT2D eigenvalue weighted by atomic mass is 9.75. The third-order valence-corrected chi connectivity index (χ3v) is 5.57. The highest BCUT2D eigenvalue weighted by atomic mass is 16.6. The summed E-state index contributed by atoms with van der Waals surface area (Å²) in [5.41, 5.74) is -0.201. The molecule has 0 bridgehead atoms. The summed E-state index contributed by atoms with van der Waals surface area (Å²) in [6.45, 7) is 8.94. The van der Waals surface area contributed by atoms with Crippen molar-refractivity contribution >= 4 is 29.8 Å². The molecule has 2 rings (SSSR count). The molecule has 0 spiro atoms. The van der Waals surface area contributed by atoms with Gasteiger partial charge in [0.25, 0.3) is 0 Å². The molecule has 10 heteroatoms. The zero-order chi connectivity index (χ0) is 26.3. The highest BCUT2D eigenvalue weighted by molar-refractivity contribution is 5.93. The molecule has 1 saturated carbocycles. The molecule has 1 aromatic carbocycles. The van der Waals surface area contributed by atoms with Gasteiger partial charge in [-0.2, -0.15) is 0 Å². The molecule has 35 heavy (non-hydrogen) atoms. The van der Waals surface area contributed by atoms with Gasteiger partial charge in [-0.05, 0) is 42.7 Å². The fourth-order valence-corrected chi connectivity index (χ4v) is 4.06. The minimum atomic E-state index is -0.962. The summed E-state index contributed by atoms with van der Waals surface area (Å²) >= 11 is 0. The third-order valence-electron chi connectivity index (χ3n) is 5.57. The first-order valence-corrected chi connectivity index (χ1v) is 11.5. The van der Waals surface area contributed by atoms with Crippen LogP contribution in [0.5, 0.6) is 17.2 Å². The van der Waals surface area contributed by atoms with E-state index in [1.54, 1.807) is 0 Å². The number of esters is 5. The summed E-state index contributed by atoms with van der Waals surface area (Å²) in [5, 5.41) is 0. The van der Waals surface area contributed by atoms with Crippen molar-refractivity contribution in [2.45, 2.75) is 66.9 Å². The quantitative estimate of drug-likeness (QED) is 0.391. The van der Waals surface area contributed by atoms with E-state index in [4.69, 9.17) is 23.7 Å². The predicted molar refractivity (Wildman–Crippen MR) is 122 cm³/mol. The lowest BCUT2D eigenvalue weighted by Crippen LogP contribution is -2.36. The molecule has 1 aromatic rings. The zero-order valence-electron chi connectivity index (χ0n) is 20.9. The molecule has 0 amide bonds. The molecule has 0 saturated heterocycles. The van der Waals surface area contributed by atoms with E-state index in [2.05, 4.69) is 20.8 Å². The highest BCUT2D eigenvalue weighted by Gasteiger charge is 2.33. The van der Waals surface area contributed by atoms with Gasteiger partial charge in [-0.3, -0.25) is 14.4 Å². The molecular formula is C25H32O10. The number of rotatable bonds is 8. The van der Waals surface area contributed by atoms with Gasteiger partial charge >= 0.3 is 29.8 Å². The SMILES string of the molecule is CC(=O)Oc1cc(C(=O)OCC(=O)O[C@@H]2C[C@@H](C)CC[C@@H]2C(C)C)cc(OC(C)=O)c1OC(C)=O. The Morgan fingerprint density at radius 2 is 1.43 bits per heavy atom. The molecule has 0 unspecified atom stereocenters. The normalized spacial score (nSPS) is 19.5. The van der Waals surface area contributed by atoms with Gasteiger partial charge in [0.1, 0.15) is 6.10 Å². The van der Waals surface area contributed by atoms with Crippen LogP contribution >= 0.6 is 0 Å². The summed E-state index contributed by atoms with van der Waals surface area (Å²) < 4.78 is 25.8. The Morgan fingerprint density at radius 1 is 0.886 bits per heavy atom. The third kappa shape index (κ3) is 8.38. The van der Waals surface area contributed by atoms with Crippen molar-refractivity contribution in [3.05, 3.63) is 17.7 Å². The van der Waals surface area contributed by atoms with Crippen LogP contribution in [0.2, 0.25) is 0 Å². The van der Waals surface area contributed by atoms with Crippen molar-refractivity contribution < 1.29 is 47.7 Å². The Kier molecular flexibility index (Phi) is 9.79. The van der Waals surface area contributed by atoms with Gasteiger partial charge in [-0.15, -0.1) is 0 Å². The molecule has 0 aromatic heterocycles. The molecule has 3 atom stereocenters. The van der Waals surface area contributed by atoms with E-state index in [1.165, 1.54) is 0 Å². The number of carbonyl (C=O) groups is 5. The number of benzene rings is 1. The first-order valence-electron chi connectivity index (χ1n) is 11.5. The van der Waals surface area contributed by atoms with Crippen molar-refractivity contribution in [3.8, 4) is 17.2 Å². The lowest BCUT2D eigenvalue weighted by Gasteiger charge is -2.36. The molecular weight excluding hydrogens is 460 g/mol. The molecule has 1 aliphatic rings. The van der Waals surface area contributed by atoms with Gasteiger partial charge in [-0.25, -0.2) is 9.59 Å². The highest BCUT2D eigenvalue weighted by Crippen LogP contribution is 2.40. The average Bonchev–Trinajstić information content (AvgIpc) is 2.72. The second-order valence-electron chi connectivity index (χ2n) is 9.01. The van der Waals surface area contributed by atoms with E-state index in [9.17, 15) is 24.0 Å². The summed E-state index contributed by atoms with van der Waals surface area (Å²) in [5.74, 6) is -3.99. The Morgan fingerprint density at radius 3 is 1.91 bits per heavy atom. The Labute approximate surface area is 204 Å². The van der Waals surface area contributed by atoms with Gasteiger partial charge < -0.3 is 23.7 Å². The molecule has 1 aliphatic carbocycles. The monoisotopic (exact) mass is 492 g/mol. The molecule has 0 radical (unpaired) electrons. The molecule has 10 nitrogen and oxygen atoms in total. The average molecular weight is 493 g/mol. The fourth-order valence-electron chi connectivity index (χ4n) is 4.06. The maximum atomic E-state index is 12.7.